The smallest absolute Gasteiger partial charge is 0.245 e. The molecule has 0 aromatic rings. The van der Waals surface area contributed by atoms with Gasteiger partial charge in [-0.15, -0.1) is 0 Å². The molecular weight excluding hydrogens is 208 g/mol. The summed E-state index contributed by atoms with van der Waals surface area (Å²) >= 11 is 0. The third kappa shape index (κ3) is 6.05. The number of ether oxygens (including phenoxy) is 2. The zero-order valence-electron chi connectivity index (χ0n) is 9.96. The standard InChI is InChI=1S/C11H22N2O3/c1-15-6-2-4-13-11(14)9-16-8-10-3-5-12-7-10/h10,12H,2-9H2,1H3,(H,13,14). The van der Waals surface area contributed by atoms with Crippen molar-refractivity contribution in [1.29, 1.82) is 0 Å². The summed E-state index contributed by atoms with van der Waals surface area (Å²) in [7, 11) is 1.65. The zero-order chi connectivity index (χ0) is 11.6. The van der Waals surface area contributed by atoms with Crippen molar-refractivity contribution in [3.63, 3.8) is 0 Å². The molecule has 0 aliphatic carbocycles. The number of hydrogen-bond donors (Lipinski definition) is 2. The molecule has 1 unspecified atom stereocenters. The second kappa shape index (κ2) is 8.50. The van der Waals surface area contributed by atoms with Crippen LogP contribution in [0.15, 0.2) is 0 Å². The molecule has 1 aliphatic heterocycles. The van der Waals surface area contributed by atoms with E-state index in [1.165, 1.54) is 0 Å². The van der Waals surface area contributed by atoms with Gasteiger partial charge < -0.3 is 20.1 Å². The molecule has 1 aliphatic rings. The predicted molar refractivity (Wildman–Crippen MR) is 61.3 cm³/mol. The van der Waals surface area contributed by atoms with Crippen LogP contribution in [0, 0.1) is 5.92 Å². The molecule has 1 heterocycles. The third-order valence-corrected chi connectivity index (χ3v) is 2.60. The van der Waals surface area contributed by atoms with E-state index in [4.69, 9.17) is 9.47 Å². The minimum atomic E-state index is -0.0398. The Hall–Kier alpha value is -0.650. The molecule has 94 valence electrons. The summed E-state index contributed by atoms with van der Waals surface area (Å²) in [5, 5.41) is 6.05. The van der Waals surface area contributed by atoms with Crippen LogP contribution >= 0.6 is 0 Å². The molecule has 1 fully saturated rings. The van der Waals surface area contributed by atoms with Crippen molar-refractivity contribution in [3.05, 3.63) is 0 Å². The van der Waals surface area contributed by atoms with Crippen molar-refractivity contribution >= 4 is 5.91 Å². The molecule has 1 rings (SSSR count). The lowest BCUT2D eigenvalue weighted by Crippen LogP contribution is -2.30. The van der Waals surface area contributed by atoms with Gasteiger partial charge in [-0.2, -0.15) is 0 Å². The summed E-state index contributed by atoms with van der Waals surface area (Å²) in [6.45, 7) is 4.25. The average molecular weight is 230 g/mol. The molecule has 1 amide bonds. The second-order valence-electron chi connectivity index (χ2n) is 4.07. The van der Waals surface area contributed by atoms with E-state index in [0.717, 1.165) is 25.9 Å². The summed E-state index contributed by atoms with van der Waals surface area (Å²) in [5.74, 6) is 0.531. The molecule has 0 bridgehead atoms. The Morgan fingerprint density at radius 3 is 3.12 bits per heavy atom. The molecule has 0 aromatic carbocycles. The van der Waals surface area contributed by atoms with Crippen molar-refractivity contribution in [2.24, 2.45) is 5.92 Å². The van der Waals surface area contributed by atoms with Gasteiger partial charge in [-0.1, -0.05) is 0 Å². The van der Waals surface area contributed by atoms with Gasteiger partial charge in [-0.3, -0.25) is 4.79 Å². The highest BCUT2D eigenvalue weighted by molar-refractivity contribution is 5.77. The van der Waals surface area contributed by atoms with Crippen LogP contribution in [0.1, 0.15) is 12.8 Å². The predicted octanol–water partition coefficient (Wildman–Crippen LogP) is -0.235. The molecule has 0 saturated carbocycles. The minimum absolute atomic E-state index is 0.0398. The fraction of sp³-hybridized carbons (Fsp3) is 0.909. The van der Waals surface area contributed by atoms with Gasteiger partial charge >= 0.3 is 0 Å². The molecular formula is C11H22N2O3. The van der Waals surface area contributed by atoms with Crippen LogP contribution in [0.4, 0.5) is 0 Å². The van der Waals surface area contributed by atoms with Gasteiger partial charge in [0, 0.05) is 26.8 Å². The average Bonchev–Trinajstić information content (AvgIpc) is 2.77. The number of nitrogens with one attached hydrogen (secondary N) is 2. The molecule has 1 atom stereocenters. The molecule has 1 saturated heterocycles. The first-order valence-electron chi connectivity index (χ1n) is 5.87. The normalized spacial score (nSPS) is 19.9. The van der Waals surface area contributed by atoms with Crippen LogP contribution in [-0.4, -0.2) is 52.5 Å². The van der Waals surface area contributed by atoms with Crippen molar-refractivity contribution in [2.45, 2.75) is 12.8 Å². The van der Waals surface area contributed by atoms with Crippen LogP contribution in [0.25, 0.3) is 0 Å². The van der Waals surface area contributed by atoms with Gasteiger partial charge in [-0.05, 0) is 25.3 Å². The van der Waals surface area contributed by atoms with Gasteiger partial charge in [0.15, 0.2) is 0 Å². The van der Waals surface area contributed by atoms with Crippen LogP contribution in [0.5, 0.6) is 0 Å². The summed E-state index contributed by atoms with van der Waals surface area (Å²) in [6, 6.07) is 0. The Kier molecular flexibility index (Phi) is 7.12. The van der Waals surface area contributed by atoms with Crippen molar-refractivity contribution in [3.8, 4) is 0 Å². The maximum atomic E-state index is 11.3. The Morgan fingerprint density at radius 2 is 2.44 bits per heavy atom. The van der Waals surface area contributed by atoms with Gasteiger partial charge in [-0.25, -0.2) is 0 Å². The number of methoxy groups -OCH3 is 1. The lowest BCUT2D eigenvalue weighted by Gasteiger charge is -2.09. The van der Waals surface area contributed by atoms with E-state index in [1.807, 2.05) is 0 Å². The SMILES string of the molecule is COCCCNC(=O)COCC1CCNC1. The highest BCUT2D eigenvalue weighted by Gasteiger charge is 2.14. The summed E-state index contributed by atoms with van der Waals surface area (Å²) in [6.07, 6.45) is 1.99. The Morgan fingerprint density at radius 1 is 1.56 bits per heavy atom. The fourth-order valence-electron chi connectivity index (χ4n) is 1.67. The van der Waals surface area contributed by atoms with Crippen LogP contribution in [0.3, 0.4) is 0 Å². The molecule has 16 heavy (non-hydrogen) atoms. The van der Waals surface area contributed by atoms with Gasteiger partial charge in [0.25, 0.3) is 0 Å². The number of hydrogen-bond acceptors (Lipinski definition) is 4. The molecule has 0 aromatic heterocycles. The quantitative estimate of drug-likeness (QED) is 0.565. The van der Waals surface area contributed by atoms with E-state index in [2.05, 4.69) is 10.6 Å². The Bertz CT molecular complexity index is 194. The number of carbonyl (C=O) groups excluding carboxylic acids is 1. The van der Waals surface area contributed by atoms with E-state index < -0.39 is 0 Å². The summed E-state index contributed by atoms with van der Waals surface area (Å²) < 4.78 is 10.2. The van der Waals surface area contributed by atoms with E-state index >= 15 is 0 Å². The van der Waals surface area contributed by atoms with Gasteiger partial charge in [0.2, 0.25) is 5.91 Å². The number of amides is 1. The monoisotopic (exact) mass is 230 g/mol. The van der Waals surface area contributed by atoms with E-state index in [0.29, 0.717) is 25.7 Å². The van der Waals surface area contributed by atoms with E-state index in [-0.39, 0.29) is 12.5 Å². The van der Waals surface area contributed by atoms with Crippen molar-refractivity contribution < 1.29 is 14.3 Å². The van der Waals surface area contributed by atoms with E-state index in [9.17, 15) is 4.79 Å². The summed E-state index contributed by atoms with van der Waals surface area (Å²) in [5.41, 5.74) is 0. The first kappa shape index (κ1) is 13.4. The molecule has 5 heteroatoms. The fourth-order valence-corrected chi connectivity index (χ4v) is 1.67. The van der Waals surface area contributed by atoms with Crippen LogP contribution in [-0.2, 0) is 14.3 Å². The lowest BCUT2D eigenvalue weighted by atomic mass is 10.1. The Labute approximate surface area is 96.9 Å². The maximum Gasteiger partial charge on any atom is 0.245 e. The first-order chi connectivity index (χ1) is 7.83. The zero-order valence-corrected chi connectivity index (χ0v) is 9.96. The van der Waals surface area contributed by atoms with Crippen LogP contribution in [0.2, 0.25) is 0 Å². The number of carbonyl (C=O) groups is 1. The third-order valence-electron chi connectivity index (χ3n) is 2.60. The molecule has 5 nitrogen and oxygen atoms in total. The summed E-state index contributed by atoms with van der Waals surface area (Å²) in [4.78, 5) is 11.3. The van der Waals surface area contributed by atoms with E-state index in [1.54, 1.807) is 7.11 Å². The second-order valence-corrected chi connectivity index (χ2v) is 4.07. The molecule has 0 spiro atoms. The maximum absolute atomic E-state index is 11.3. The van der Waals surface area contributed by atoms with Gasteiger partial charge in [0.05, 0.1) is 6.61 Å². The topological polar surface area (TPSA) is 59.6 Å². The molecule has 2 N–H and O–H groups in total. The van der Waals surface area contributed by atoms with Gasteiger partial charge in [0.1, 0.15) is 6.61 Å². The lowest BCUT2D eigenvalue weighted by molar-refractivity contribution is -0.126. The highest BCUT2D eigenvalue weighted by atomic mass is 16.5. The van der Waals surface area contributed by atoms with Crippen LogP contribution < -0.4 is 10.6 Å². The first-order valence-corrected chi connectivity index (χ1v) is 5.87. The minimum Gasteiger partial charge on any atom is -0.385 e. The molecule has 0 radical (unpaired) electrons. The highest BCUT2D eigenvalue weighted by Crippen LogP contribution is 2.06. The van der Waals surface area contributed by atoms with Crippen molar-refractivity contribution in [2.75, 3.05) is 46.6 Å². The Balaban J connectivity index is 1.89. The number of rotatable bonds is 8. The largest absolute Gasteiger partial charge is 0.385 e. The van der Waals surface area contributed by atoms with Crippen molar-refractivity contribution in [1.82, 2.24) is 10.6 Å².